The normalized spacial score (nSPS) is 13.3. The number of rotatable bonds is 7. The van der Waals surface area contributed by atoms with E-state index in [0.717, 1.165) is 11.1 Å². The maximum Gasteiger partial charge on any atom is 0.306 e. The lowest BCUT2D eigenvalue weighted by atomic mass is 9.92. The summed E-state index contributed by atoms with van der Waals surface area (Å²) in [6, 6.07) is 19.2. The van der Waals surface area contributed by atoms with Gasteiger partial charge in [0.25, 0.3) is 0 Å². The van der Waals surface area contributed by atoms with Crippen molar-refractivity contribution in [3.63, 3.8) is 0 Å². The Morgan fingerprint density at radius 2 is 1.57 bits per heavy atom. The fourth-order valence-corrected chi connectivity index (χ4v) is 3.57. The second-order valence-corrected chi connectivity index (χ2v) is 6.85. The molecular weight excluding hydrogens is 308 g/mol. The second kappa shape index (κ2) is 8.53. The Kier molecular flexibility index (Phi) is 6.41. The molecule has 0 saturated carbocycles. The van der Waals surface area contributed by atoms with E-state index in [0.29, 0.717) is 12.8 Å². The summed E-state index contributed by atoms with van der Waals surface area (Å²) in [5, 5.41) is 9.43. The lowest BCUT2D eigenvalue weighted by molar-refractivity contribution is -0.142. The lowest BCUT2D eigenvalue weighted by Crippen LogP contribution is -2.19. The van der Waals surface area contributed by atoms with E-state index in [4.69, 9.17) is 0 Å². The molecule has 0 aliphatic rings. The van der Waals surface area contributed by atoms with Gasteiger partial charge in [0.1, 0.15) is 0 Å². The first kappa shape index (κ1) is 17.3. The van der Waals surface area contributed by atoms with Gasteiger partial charge in [0, 0.05) is 12.2 Å². The fourth-order valence-electron chi connectivity index (χ4n) is 2.55. The van der Waals surface area contributed by atoms with Gasteiger partial charge in [0.05, 0.1) is 5.92 Å². The Bertz CT molecular complexity index is 640. The highest BCUT2D eigenvalue weighted by atomic mass is 32.2. The van der Waals surface area contributed by atoms with E-state index >= 15 is 0 Å². The van der Waals surface area contributed by atoms with E-state index in [9.17, 15) is 14.7 Å². The smallest absolute Gasteiger partial charge is 0.306 e. The molecule has 0 spiro atoms. The average molecular weight is 328 g/mol. The van der Waals surface area contributed by atoms with Crippen LogP contribution in [0.3, 0.4) is 0 Å². The summed E-state index contributed by atoms with van der Waals surface area (Å²) >= 11 is 1.21. The predicted molar refractivity (Wildman–Crippen MR) is 93.3 cm³/mol. The Morgan fingerprint density at radius 1 is 1.00 bits per heavy atom. The highest BCUT2D eigenvalue weighted by molar-refractivity contribution is 8.13. The molecule has 0 aliphatic heterocycles. The van der Waals surface area contributed by atoms with Crippen LogP contribution < -0.4 is 0 Å². The second-order valence-electron chi connectivity index (χ2n) is 5.47. The highest BCUT2D eigenvalue weighted by Gasteiger charge is 2.25. The molecule has 0 aliphatic carbocycles. The van der Waals surface area contributed by atoms with Crippen LogP contribution in [0.15, 0.2) is 60.7 Å². The average Bonchev–Trinajstić information content (AvgIpc) is 2.54. The minimum absolute atomic E-state index is 0.00250. The third kappa shape index (κ3) is 5.57. The molecule has 0 radical (unpaired) electrons. The van der Waals surface area contributed by atoms with Crippen molar-refractivity contribution in [1.82, 2.24) is 0 Å². The molecule has 0 bridgehead atoms. The minimum Gasteiger partial charge on any atom is -0.481 e. The first-order chi connectivity index (χ1) is 11.1. The Hall–Kier alpha value is -2.07. The van der Waals surface area contributed by atoms with Crippen molar-refractivity contribution in [3.05, 3.63) is 71.8 Å². The van der Waals surface area contributed by atoms with E-state index < -0.39 is 11.9 Å². The fraction of sp³-hybridized carbons (Fsp3) is 0.263. The van der Waals surface area contributed by atoms with E-state index in [-0.39, 0.29) is 10.4 Å². The van der Waals surface area contributed by atoms with Crippen LogP contribution in [0.2, 0.25) is 0 Å². The molecule has 1 N–H and O–H groups in total. The number of carboxylic acids is 1. The standard InChI is InChI=1S/C19H20O3S/c1-14(20)23-18(16-10-6-3-7-11-16)13-17(19(21)22)12-15-8-4-2-5-9-15/h2-11,17-18H,12-13H2,1H3,(H,21,22). The zero-order chi connectivity index (χ0) is 16.7. The molecule has 4 heteroatoms. The van der Waals surface area contributed by atoms with Gasteiger partial charge in [-0.1, -0.05) is 72.4 Å². The van der Waals surface area contributed by atoms with E-state index in [1.54, 1.807) is 0 Å². The number of carbonyl (C=O) groups excluding carboxylic acids is 1. The SMILES string of the molecule is CC(=O)SC(CC(Cc1ccccc1)C(=O)O)c1ccccc1. The van der Waals surface area contributed by atoms with Crippen LogP contribution in [-0.4, -0.2) is 16.2 Å². The van der Waals surface area contributed by atoms with Crippen molar-refractivity contribution in [2.24, 2.45) is 5.92 Å². The molecule has 2 unspecified atom stereocenters. The van der Waals surface area contributed by atoms with Crippen molar-refractivity contribution in [1.29, 1.82) is 0 Å². The number of aliphatic carboxylic acids is 1. The van der Waals surface area contributed by atoms with Gasteiger partial charge in [-0.05, 0) is 24.0 Å². The minimum atomic E-state index is -0.820. The predicted octanol–water partition coefficient (Wildman–Crippen LogP) is 4.34. The molecule has 23 heavy (non-hydrogen) atoms. The summed E-state index contributed by atoms with van der Waals surface area (Å²) in [6.07, 6.45) is 0.899. The largest absolute Gasteiger partial charge is 0.481 e. The van der Waals surface area contributed by atoms with Crippen molar-refractivity contribution in [3.8, 4) is 0 Å². The highest BCUT2D eigenvalue weighted by Crippen LogP contribution is 2.36. The Balaban J connectivity index is 2.17. The van der Waals surface area contributed by atoms with Crippen LogP contribution in [-0.2, 0) is 16.0 Å². The van der Waals surface area contributed by atoms with Gasteiger partial charge >= 0.3 is 5.97 Å². The number of carboxylic acid groups (broad SMARTS) is 1. The molecule has 0 aromatic heterocycles. The molecule has 2 aromatic rings. The Morgan fingerprint density at radius 3 is 2.09 bits per heavy atom. The van der Waals surface area contributed by atoms with Gasteiger partial charge in [-0.15, -0.1) is 0 Å². The zero-order valence-corrected chi connectivity index (χ0v) is 13.8. The molecule has 3 nitrogen and oxygen atoms in total. The quantitative estimate of drug-likeness (QED) is 0.821. The summed E-state index contributed by atoms with van der Waals surface area (Å²) in [6.45, 7) is 1.52. The van der Waals surface area contributed by atoms with Crippen LogP contribution in [0.25, 0.3) is 0 Å². The van der Waals surface area contributed by atoms with Gasteiger partial charge in [0.2, 0.25) is 0 Å². The topological polar surface area (TPSA) is 54.4 Å². The molecule has 0 saturated heterocycles. The van der Waals surface area contributed by atoms with Crippen molar-refractivity contribution in [2.75, 3.05) is 0 Å². The van der Waals surface area contributed by atoms with Crippen LogP contribution in [0.4, 0.5) is 0 Å². The number of carbonyl (C=O) groups is 2. The van der Waals surface area contributed by atoms with Crippen molar-refractivity contribution >= 4 is 22.8 Å². The summed E-state index contributed by atoms with van der Waals surface area (Å²) in [4.78, 5) is 23.2. The first-order valence-electron chi connectivity index (χ1n) is 7.55. The molecule has 2 aromatic carbocycles. The monoisotopic (exact) mass is 328 g/mol. The molecule has 2 rings (SSSR count). The van der Waals surface area contributed by atoms with Gasteiger partial charge in [0.15, 0.2) is 5.12 Å². The summed E-state index contributed by atoms with van der Waals surface area (Å²) in [5.74, 6) is -1.34. The third-order valence-electron chi connectivity index (χ3n) is 3.65. The summed E-state index contributed by atoms with van der Waals surface area (Å²) in [7, 11) is 0. The number of hydrogen-bond donors (Lipinski definition) is 1. The summed E-state index contributed by atoms with van der Waals surface area (Å²) < 4.78 is 0. The number of thioether (sulfide) groups is 1. The maximum atomic E-state index is 11.7. The Labute approximate surface area is 140 Å². The number of hydrogen-bond acceptors (Lipinski definition) is 3. The van der Waals surface area contributed by atoms with Crippen molar-refractivity contribution in [2.45, 2.75) is 25.0 Å². The van der Waals surface area contributed by atoms with E-state index in [1.807, 2.05) is 60.7 Å². The molecule has 2 atom stereocenters. The first-order valence-corrected chi connectivity index (χ1v) is 8.43. The molecule has 0 heterocycles. The van der Waals surface area contributed by atoms with E-state index in [1.165, 1.54) is 18.7 Å². The van der Waals surface area contributed by atoms with Crippen LogP contribution in [0.1, 0.15) is 29.7 Å². The zero-order valence-electron chi connectivity index (χ0n) is 13.0. The molecule has 120 valence electrons. The lowest BCUT2D eigenvalue weighted by Gasteiger charge is -2.20. The maximum absolute atomic E-state index is 11.7. The van der Waals surface area contributed by atoms with Crippen LogP contribution >= 0.6 is 11.8 Å². The third-order valence-corrected chi connectivity index (χ3v) is 4.73. The van der Waals surface area contributed by atoms with E-state index in [2.05, 4.69) is 0 Å². The molecule has 0 amide bonds. The van der Waals surface area contributed by atoms with Gasteiger partial charge in [-0.2, -0.15) is 0 Å². The van der Waals surface area contributed by atoms with Crippen LogP contribution in [0.5, 0.6) is 0 Å². The number of benzene rings is 2. The summed E-state index contributed by atoms with van der Waals surface area (Å²) in [5.41, 5.74) is 1.99. The molecular formula is C19H20O3S. The van der Waals surface area contributed by atoms with Gasteiger partial charge in [-0.3, -0.25) is 9.59 Å². The van der Waals surface area contributed by atoms with Gasteiger partial charge < -0.3 is 5.11 Å². The van der Waals surface area contributed by atoms with Crippen LogP contribution in [0, 0.1) is 5.92 Å². The van der Waals surface area contributed by atoms with Gasteiger partial charge in [-0.25, -0.2) is 0 Å². The molecule has 0 fully saturated rings. The van der Waals surface area contributed by atoms with Crippen molar-refractivity contribution < 1.29 is 14.7 Å².